The minimum Gasteiger partial charge on any atom is -0.377 e. The van der Waals surface area contributed by atoms with Crippen molar-refractivity contribution in [1.82, 2.24) is 9.80 Å². The van der Waals surface area contributed by atoms with Crippen LogP contribution in [0.5, 0.6) is 0 Å². The van der Waals surface area contributed by atoms with Crippen molar-refractivity contribution in [2.24, 2.45) is 0 Å². The molecule has 3 rings (SSSR count). The summed E-state index contributed by atoms with van der Waals surface area (Å²) in [6, 6.07) is 10.4. The van der Waals surface area contributed by atoms with Crippen LogP contribution in [0.1, 0.15) is 18.4 Å². The molecule has 5 nitrogen and oxygen atoms in total. The van der Waals surface area contributed by atoms with E-state index in [1.165, 1.54) is 5.56 Å². The van der Waals surface area contributed by atoms with Crippen molar-refractivity contribution in [3.63, 3.8) is 0 Å². The lowest BCUT2D eigenvalue weighted by molar-refractivity contribution is -0.131. The second-order valence-corrected chi connectivity index (χ2v) is 6.38. The van der Waals surface area contributed by atoms with E-state index in [9.17, 15) is 4.79 Å². The molecule has 2 aliphatic heterocycles. The third-order valence-electron chi connectivity index (χ3n) is 4.73. The van der Waals surface area contributed by atoms with Gasteiger partial charge in [0.05, 0.1) is 31.8 Å². The van der Waals surface area contributed by atoms with Crippen molar-refractivity contribution in [3.05, 3.63) is 35.9 Å². The average molecular weight is 318 g/mol. The van der Waals surface area contributed by atoms with E-state index in [0.717, 1.165) is 32.7 Å². The molecule has 1 amide bonds. The molecular formula is C18H26N2O3. The van der Waals surface area contributed by atoms with Gasteiger partial charge >= 0.3 is 0 Å². The normalized spacial score (nSPS) is 25.4. The number of rotatable bonds is 6. The van der Waals surface area contributed by atoms with E-state index in [4.69, 9.17) is 9.47 Å². The zero-order chi connectivity index (χ0) is 16.1. The van der Waals surface area contributed by atoms with Gasteiger partial charge in [0.15, 0.2) is 0 Å². The Hall–Kier alpha value is -1.43. The smallest absolute Gasteiger partial charge is 0.225 e. The van der Waals surface area contributed by atoms with Crippen LogP contribution in [0.3, 0.4) is 0 Å². The van der Waals surface area contributed by atoms with Crippen LogP contribution < -0.4 is 0 Å². The fourth-order valence-corrected chi connectivity index (χ4v) is 3.36. The first kappa shape index (κ1) is 16.4. The quantitative estimate of drug-likeness (QED) is 0.746. The van der Waals surface area contributed by atoms with Crippen molar-refractivity contribution < 1.29 is 14.3 Å². The number of fused-ring (bicyclic) bond motifs is 1. The van der Waals surface area contributed by atoms with Gasteiger partial charge in [-0.05, 0) is 12.0 Å². The molecule has 126 valence electrons. The van der Waals surface area contributed by atoms with E-state index >= 15 is 0 Å². The van der Waals surface area contributed by atoms with E-state index < -0.39 is 0 Å². The summed E-state index contributed by atoms with van der Waals surface area (Å²) in [7, 11) is 1.90. The first-order chi connectivity index (χ1) is 11.2. The van der Waals surface area contributed by atoms with Gasteiger partial charge in [0.2, 0.25) is 5.91 Å². The van der Waals surface area contributed by atoms with Crippen molar-refractivity contribution in [1.29, 1.82) is 0 Å². The third kappa shape index (κ3) is 4.31. The van der Waals surface area contributed by atoms with E-state index in [1.807, 2.05) is 30.1 Å². The predicted octanol–water partition coefficient (Wildman–Crippen LogP) is 1.52. The number of hydrogen-bond acceptors (Lipinski definition) is 4. The van der Waals surface area contributed by atoms with E-state index in [2.05, 4.69) is 17.0 Å². The molecule has 0 spiro atoms. The summed E-state index contributed by atoms with van der Waals surface area (Å²) in [5.41, 5.74) is 1.21. The lowest BCUT2D eigenvalue weighted by Gasteiger charge is -2.25. The SMILES string of the molecule is CN1C(=O)CCO[C@H]2CN(CCCOCc3ccccc3)C[C@@H]21. The molecule has 0 radical (unpaired) electrons. The van der Waals surface area contributed by atoms with Gasteiger partial charge in [-0.1, -0.05) is 30.3 Å². The van der Waals surface area contributed by atoms with Crippen LogP contribution in [-0.2, 0) is 20.9 Å². The number of benzene rings is 1. The van der Waals surface area contributed by atoms with Crippen LogP contribution in [-0.4, -0.2) is 67.7 Å². The second-order valence-electron chi connectivity index (χ2n) is 6.38. The zero-order valence-electron chi connectivity index (χ0n) is 13.8. The van der Waals surface area contributed by atoms with Crippen molar-refractivity contribution >= 4 is 5.91 Å². The highest BCUT2D eigenvalue weighted by molar-refractivity contribution is 5.76. The first-order valence-corrected chi connectivity index (χ1v) is 8.45. The predicted molar refractivity (Wildman–Crippen MR) is 88.1 cm³/mol. The van der Waals surface area contributed by atoms with Gasteiger partial charge in [-0.3, -0.25) is 9.69 Å². The summed E-state index contributed by atoms with van der Waals surface area (Å²) >= 11 is 0. The van der Waals surface area contributed by atoms with Gasteiger partial charge in [-0.2, -0.15) is 0 Å². The Balaban J connectivity index is 1.36. The second kappa shape index (κ2) is 7.90. The molecule has 0 aliphatic carbocycles. The minimum atomic E-state index is 0.164. The molecular weight excluding hydrogens is 292 g/mol. The van der Waals surface area contributed by atoms with Crippen molar-refractivity contribution in [2.75, 3.05) is 39.9 Å². The van der Waals surface area contributed by atoms with Crippen molar-refractivity contribution in [2.45, 2.75) is 31.6 Å². The van der Waals surface area contributed by atoms with E-state index in [-0.39, 0.29) is 18.1 Å². The number of carbonyl (C=O) groups is 1. The molecule has 2 saturated heterocycles. The van der Waals surface area contributed by atoms with Gasteiger partial charge in [-0.25, -0.2) is 0 Å². The Labute approximate surface area is 138 Å². The molecule has 0 aromatic heterocycles. The van der Waals surface area contributed by atoms with Crippen LogP contribution in [0.15, 0.2) is 30.3 Å². The molecule has 2 atom stereocenters. The topological polar surface area (TPSA) is 42.0 Å². The highest BCUT2D eigenvalue weighted by Crippen LogP contribution is 2.22. The largest absolute Gasteiger partial charge is 0.377 e. The number of ether oxygens (including phenoxy) is 2. The molecule has 2 heterocycles. The highest BCUT2D eigenvalue weighted by atomic mass is 16.5. The van der Waals surface area contributed by atoms with E-state index in [1.54, 1.807) is 0 Å². The fraction of sp³-hybridized carbons (Fsp3) is 0.611. The highest BCUT2D eigenvalue weighted by Gasteiger charge is 2.39. The molecule has 0 bridgehead atoms. The van der Waals surface area contributed by atoms with Crippen molar-refractivity contribution in [3.8, 4) is 0 Å². The Morgan fingerprint density at radius 2 is 2.09 bits per heavy atom. The average Bonchev–Trinajstić information content (AvgIpc) is 2.92. The standard InChI is InChI=1S/C18H26N2O3/c1-19-16-12-20(13-17(16)23-11-8-18(19)21)9-5-10-22-14-15-6-3-2-4-7-15/h2-4,6-7,16-17H,5,8-14H2,1H3/t16-,17-/m0/s1. The number of likely N-dealkylation sites (tertiary alicyclic amines) is 1. The number of hydrogen-bond donors (Lipinski definition) is 0. The van der Waals surface area contributed by atoms with Crippen LogP contribution in [0, 0.1) is 0 Å². The lowest BCUT2D eigenvalue weighted by atomic mass is 10.2. The minimum absolute atomic E-state index is 0.164. The van der Waals surface area contributed by atoms with Gasteiger partial charge in [-0.15, -0.1) is 0 Å². The summed E-state index contributed by atoms with van der Waals surface area (Å²) < 4.78 is 11.6. The van der Waals surface area contributed by atoms with Crippen LogP contribution in [0.2, 0.25) is 0 Å². The van der Waals surface area contributed by atoms with Gasteiger partial charge < -0.3 is 14.4 Å². The molecule has 0 N–H and O–H groups in total. The molecule has 2 aliphatic rings. The Kier molecular flexibility index (Phi) is 5.65. The summed E-state index contributed by atoms with van der Waals surface area (Å²) in [6.07, 6.45) is 1.68. The third-order valence-corrected chi connectivity index (χ3v) is 4.73. The molecule has 1 aromatic rings. The molecule has 0 unspecified atom stereocenters. The summed E-state index contributed by atoms with van der Waals surface area (Å²) in [5, 5.41) is 0. The van der Waals surface area contributed by atoms with Crippen LogP contribution >= 0.6 is 0 Å². The number of nitrogens with zero attached hydrogens (tertiary/aromatic N) is 2. The maximum atomic E-state index is 11.9. The molecule has 0 saturated carbocycles. The number of carbonyl (C=O) groups excluding carboxylic acids is 1. The summed E-state index contributed by atoms with van der Waals surface area (Å²) in [5.74, 6) is 0.200. The maximum Gasteiger partial charge on any atom is 0.225 e. The maximum absolute atomic E-state index is 11.9. The monoisotopic (exact) mass is 318 g/mol. The molecule has 2 fully saturated rings. The van der Waals surface area contributed by atoms with Gasteiger partial charge in [0.25, 0.3) is 0 Å². The van der Waals surface area contributed by atoms with Gasteiger partial charge in [0.1, 0.15) is 0 Å². The van der Waals surface area contributed by atoms with Gasteiger partial charge in [0, 0.05) is 33.3 Å². The summed E-state index contributed by atoms with van der Waals surface area (Å²) in [6.45, 7) is 4.81. The Morgan fingerprint density at radius 1 is 1.26 bits per heavy atom. The molecule has 5 heteroatoms. The van der Waals surface area contributed by atoms with Crippen LogP contribution in [0.25, 0.3) is 0 Å². The fourth-order valence-electron chi connectivity index (χ4n) is 3.36. The molecule has 23 heavy (non-hydrogen) atoms. The summed E-state index contributed by atoms with van der Waals surface area (Å²) in [4.78, 5) is 16.2. The lowest BCUT2D eigenvalue weighted by Crippen LogP contribution is -2.42. The number of amides is 1. The number of likely N-dealkylation sites (N-methyl/N-ethyl adjacent to an activating group) is 1. The Bertz CT molecular complexity index is 508. The zero-order valence-corrected chi connectivity index (χ0v) is 13.8. The molecule has 1 aromatic carbocycles. The van der Waals surface area contributed by atoms with E-state index in [0.29, 0.717) is 19.6 Å². The van der Waals surface area contributed by atoms with Crippen LogP contribution in [0.4, 0.5) is 0 Å². The Morgan fingerprint density at radius 3 is 2.91 bits per heavy atom. The first-order valence-electron chi connectivity index (χ1n) is 8.45.